The van der Waals surface area contributed by atoms with Gasteiger partial charge in [-0.2, -0.15) is 0 Å². The normalized spacial score (nSPS) is 12.5. The van der Waals surface area contributed by atoms with Gasteiger partial charge in [0.15, 0.2) is 0 Å². The highest BCUT2D eigenvalue weighted by atomic mass is 19.1. The van der Waals surface area contributed by atoms with E-state index in [1.807, 2.05) is 30.3 Å². The van der Waals surface area contributed by atoms with Crippen LogP contribution in [0.2, 0.25) is 0 Å². The first kappa shape index (κ1) is 16.9. The van der Waals surface area contributed by atoms with Crippen LogP contribution in [-0.4, -0.2) is 5.91 Å². The first-order valence-corrected chi connectivity index (χ1v) is 7.83. The number of amides is 1. The highest BCUT2D eigenvalue weighted by molar-refractivity contribution is 5.92. The molecule has 1 N–H and O–H groups in total. The van der Waals surface area contributed by atoms with E-state index in [2.05, 4.69) is 19.2 Å². The van der Waals surface area contributed by atoms with Crippen LogP contribution in [0.25, 0.3) is 6.08 Å². The number of nitrogens with one attached hydrogen (secondary N) is 1. The van der Waals surface area contributed by atoms with Gasteiger partial charge in [0, 0.05) is 6.08 Å². The largest absolute Gasteiger partial charge is 0.346 e. The molecule has 0 spiro atoms. The second kappa shape index (κ2) is 8.28. The van der Waals surface area contributed by atoms with E-state index >= 15 is 0 Å². The Hall–Kier alpha value is -2.42. The van der Waals surface area contributed by atoms with Crippen LogP contribution in [0.3, 0.4) is 0 Å². The molecule has 120 valence electrons. The molecule has 0 fully saturated rings. The molecule has 0 saturated carbocycles. The van der Waals surface area contributed by atoms with E-state index in [0.717, 1.165) is 17.5 Å². The molecule has 1 atom stereocenters. The Morgan fingerprint density at radius 2 is 1.74 bits per heavy atom. The fraction of sp³-hybridized carbons (Fsp3) is 0.250. The molecule has 2 nitrogen and oxygen atoms in total. The molecule has 1 amide bonds. The average molecular weight is 311 g/mol. The van der Waals surface area contributed by atoms with Gasteiger partial charge in [-0.05, 0) is 41.7 Å². The molecule has 0 saturated heterocycles. The summed E-state index contributed by atoms with van der Waals surface area (Å²) in [6.45, 7) is 4.27. The van der Waals surface area contributed by atoms with Crippen molar-refractivity contribution in [1.82, 2.24) is 5.32 Å². The summed E-state index contributed by atoms with van der Waals surface area (Å²) in [5.41, 5.74) is 1.89. The SMILES string of the molecule is CC(C)CC(NC(=O)/C=C/c1ccc(F)cc1)c1ccccc1. The Morgan fingerprint density at radius 1 is 1.09 bits per heavy atom. The van der Waals surface area contributed by atoms with Gasteiger partial charge in [-0.1, -0.05) is 56.3 Å². The summed E-state index contributed by atoms with van der Waals surface area (Å²) in [6.07, 6.45) is 4.05. The minimum absolute atomic E-state index is 0.0124. The maximum atomic E-state index is 12.9. The minimum Gasteiger partial charge on any atom is -0.346 e. The first-order valence-electron chi connectivity index (χ1n) is 7.83. The second-order valence-electron chi connectivity index (χ2n) is 5.99. The number of rotatable bonds is 6. The smallest absolute Gasteiger partial charge is 0.244 e. The monoisotopic (exact) mass is 311 g/mol. The van der Waals surface area contributed by atoms with Crippen molar-refractivity contribution in [3.8, 4) is 0 Å². The summed E-state index contributed by atoms with van der Waals surface area (Å²) in [6, 6.07) is 16.0. The van der Waals surface area contributed by atoms with Crippen molar-refractivity contribution < 1.29 is 9.18 Å². The van der Waals surface area contributed by atoms with Crippen LogP contribution in [0.5, 0.6) is 0 Å². The Labute approximate surface area is 137 Å². The highest BCUT2D eigenvalue weighted by Gasteiger charge is 2.14. The second-order valence-corrected chi connectivity index (χ2v) is 5.99. The van der Waals surface area contributed by atoms with Crippen LogP contribution in [0, 0.1) is 11.7 Å². The molecule has 2 rings (SSSR count). The van der Waals surface area contributed by atoms with Crippen LogP contribution in [0.15, 0.2) is 60.7 Å². The maximum Gasteiger partial charge on any atom is 0.244 e. The lowest BCUT2D eigenvalue weighted by Gasteiger charge is -2.20. The van der Waals surface area contributed by atoms with Crippen molar-refractivity contribution in [1.29, 1.82) is 0 Å². The van der Waals surface area contributed by atoms with Gasteiger partial charge in [0.1, 0.15) is 5.82 Å². The number of hydrogen-bond donors (Lipinski definition) is 1. The zero-order chi connectivity index (χ0) is 16.7. The highest BCUT2D eigenvalue weighted by Crippen LogP contribution is 2.21. The summed E-state index contributed by atoms with van der Waals surface area (Å²) in [4.78, 5) is 12.2. The van der Waals surface area contributed by atoms with Gasteiger partial charge in [-0.15, -0.1) is 0 Å². The predicted molar refractivity (Wildman–Crippen MR) is 92.2 cm³/mol. The number of benzene rings is 2. The van der Waals surface area contributed by atoms with Crippen LogP contribution >= 0.6 is 0 Å². The van der Waals surface area contributed by atoms with E-state index in [4.69, 9.17) is 0 Å². The third-order valence-corrected chi connectivity index (χ3v) is 3.52. The molecule has 23 heavy (non-hydrogen) atoms. The van der Waals surface area contributed by atoms with Gasteiger partial charge in [0.2, 0.25) is 5.91 Å². The Morgan fingerprint density at radius 3 is 2.35 bits per heavy atom. The molecular weight excluding hydrogens is 289 g/mol. The fourth-order valence-electron chi connectivity index (χ4n) is 2.40. The lowest BCUT2D eigenvalue weighted by molar-refractivity contribution is -0.117. The first-order chi connectivity index (χ1) is 11.0. The average Bonchev–Trinajstić information content (AvgIpc) is 2.54. The molecule has 0 radical (unpaired) electrons. The van der Waals surface area contributed by atoms with E-state index in [9.17, 15) is 9.18 Å². The number of carbonyl (C=O) groups excluding carboxylic acids is 1. The van der Waals surface area contributed by atoms with E-state index in [1.54, 1.807) is 18.2 Å². The van der Waals surface area contributed by atoms with E-state index < -0.39 is 0 Å². The van der Waals surface area contributed by atoms with Gasteiger partial charge in [-0.3, -0.25) is 4.79 Å². The zero-order valence-electron chi connectivity index (χ0n) is 13.5. The summed E-state index contributed by atoms with van der Waals surface area (Å²) in [7, 11) is 0. The lowest BCUT2D eigenvalue weighted by atomic mass is 9.97. The Kier molecular flexibility index (Phi) is 6.10. The van der Waals surface area contributed by atoms with Gasteiger partial charge >= 0.3 is 0 Å². The summed E-state index contributed by atoms with van der Waals surface area (Å²) in [5.74, 6) is 0.0399. The Balaban J connectivity index is 2.04. The maximum absolute atomic E-state index is 12.9. The molecular formula is C20H22FNO. The minimum atomic E-state index is -0.285. The number of halogens is 1. The quantitative estimate of drug-likeness (QED) is 0.767. The van der Waals surface area contributed by atoms with Gasteiger partial charge in [-0.25, -0.2) is 4.39 Å². The van der Waals surface area contributed by atoms with Crippen molar-refractivity contribution in [2.24, 2.45) is 5.92 Å². The molecule has 0 aliphatic rings. The molecule has 0 aromatic heterocycles. The van der Waals surface area contributed by atoms with Crippen molar-refractivity contribution in [2.75, 3.05) is 0 Å². The molecule has 0 bridgehead atoms. The van der Waals surface area contributed by atoms with Crippen molar-refractivity contribution in [3.63, 3.8) is 0 Å². The van der Waals surface area contributed by atoms with E-state index in [0.29, 0.717) is 5.92 Å². The third kappa shape index (κ3) is 5.70. The molecule has 1 unspecified atom stereocenters. The van der Waals surface area contributed by atoms with Crippen LogP contribution in [0.4, 0.5) is 4.39 Å². The van der Waals surface area contributed by atoms with Crippen molar-refractivity contribution in [2.45, 2.75) is 26.3 Å². The zero-order valence-corrected chi connectivity index (χ0v) is 13.5. The number of carbonyl (C=O) groups is 1. The van der Waals surface area contributed by atoms with Crippen molar-refractivity contribution in [3.05, 3.63) is 77.6 Å². The van der Waals surface area contributed by atoms with Crippen LogP contribution in [-0.2, 0) is 4.79 Å². The molecule has 0 aliphatic carbocycles. The molecule has 2 aromatic carbocycles. The fourth-order valence-corrected chi connectivity index (χ4v) is 2.40. The van der Waals surface area contributed by atoms with Crippen LogP contribution < -0.4 is 5.32 Å². The lowest BCUT2D eigenvalue weighted by Crippen LogP contribution is -2.27. The van der Waals surface area contributed by atoms with Gasteiger partial charge < -0.3 is 5.32 Å². The molecule has 0 aliphatic heterocycles. The third-order valence-electron chi connectivity index (χ3n) is 3.52. The standard InChI is InChI=1S/C20H22FNO/c1-15(2)14-19(17-6-4-3-5-7-17)22-20(23)13-10-16-8-11-18(21)12-9-16/h3-13,15,19H,14H2,1-2H3,(H,22,23)/b13-10+. The summed E-state index contributed by atoms with van der Waals surface area (Å²) in [5, 5.41) is 3.05. The van der Waals surface area contributed by atoms with Gasteiger partial charge in [0.05, 0.1) is 6.04 Å². The topological polar surface area (TPSA) is 29.1 Å². The molecule has 2 aromatic rings. The molecule has 3 heteroatoms. The van der Waals surface area contributed by atoms with E-state index in [-0.39, 0.29) is 17.8 Å². The summed E-state index contributed by atoms with van der Waals surface area (Å²) >= 11 is 0. The van der Waals surface area contributed by atoms with Crippen LogP contribution in [0.1, 0.15) is 37.4 Å². The summed E-state index contributed by atoms with van der Waals surface area (Å²) < 4.78 is 12.9. The predicted octanol–water partition coefficient (Wildman–Crippen LogP) is 4.74. The molecule has 0 heterocycles. The van der Waals surface area contributed by atoms with Crippen molar-refractivity contribution >= 4 is 12.0 Å². The Bertz CT molecular complexity index is 647. The number of hydrogen-bond acceptors (Lipinski definition) is 1. The van der Waals surface area contributed by atoms with E-state index in [1.165, 1.54) is 18.2 Å². The van der Waals surface area contributed by atoms with Gasteiger partial charge in [0.25, 0.3) is 0 Å².